The van der Waals surface area contributed by atoms with Crippen molar-refractivity contribution in [2.24, 2.45) is 0 Å². The Balaban J connectivity index is 0.000000401. The Hall–Kier alpha value is -2.74. The standard InChI is InChI=1S/C8H11N2.3C7H7.Zr/c1-8(2,9)7-5-3-4-6-10-7;3*1-7-5-3-2-4-6-7;/h3-6,9H,1-2H3;3*2-6H,1H2;/q4*-1;+4. The molecule has 0 aliphatic rings. The summed E-state index contributed by atoms with van der Waals surface area (Å²) in [6.07, 6.45) is 1.71. The molecule has 0 atom stereocenters. The Kier molecular flexibility index (Phi) is 15.4. The average Bonchev–Trinajstić information content (AvgIpc) is 2.77. The van der Waals surface area contributed by atoms with Gasteiger partial charge in [-0.05, 0) is 12.1 Å². The maximum Gasteiger partial charge on any atom is 4.00 e. The van der Waals surface area contributed by atoms with Gasteiger partial charge >= 0.3 is 26.2 Å². The number of nitrogens with zero attached hydrogens (tertiary/aromatic N) is 1. The Labute approximate surface area is 214 Å². The van der Waals surface area contributed by atoms with Crippen molar-refractivity contribution in [3.63, 3.8) is 0 Å². The fourth-order valence-corrected chi connectivity index (χ4v) is 2.17. The zero-order valence-corrected chi connectivity index (χ0v) is 21.5. The first-order valence-electron chi connectivity index (χ1n) is 10.1. The number of hydrogen-bond acceptors (Lipinski definition) is 1. The molecule has 0 radical (unpaired) electrons. The molecule has 1 N–H and O–H groups in total. The van der Waals surface area contributed by atoms with E-state index in [2.05, 4.69) is 25.8 Å². The fourth-order valence-electron chi connectivity index (χ4n) is 2.17. The summed E-state index contributed by atoms with van der Waals surface area (Å²) in [7, 11) is 0. The van der Waals surface area contributed by atoms with E-state index in [0.717, 1.165) is 22.4 Å². The zero-order chi connectivity index (χ0) is 23.0. The number of rotatable bonds is 1. The molecule has 4 rings (SSSR count). The van der Waals surface area contributed by atoms with Gasteiger partial charge in [-0.1, -0.05) is 43.7 Å². The maximum absolute atomic E-state index is 7.61. The summed E-state index contributed by atoms with van der Waals surface area (Å²) in [5.74, 6) is 0. The van der Waals surface area contributed by atoms with Crippen LogP contribution >= 0.6 is 0 Å². The van der Waals surface area contributed by atoms with E-state index in [4.69, 9.17) is 5.73 Å². The predicted octanol–water partition coefficient (Wildman–Crippen LogP) is 7.97. The van der Waals surface area contributed by atoms with Crippen molar-refractivity contribution in [1.29, 1.82) is 0 Å². The molecule has 3 heteroatoms. The molecule has 3 aromatic carbocycles. The van der Waals surface area contributed by atoms with Crippen molar-refractivity contribution in [2.45, 2.75) is 19.4 Å². The smallest absolute Gasteiger partial charge is 0.667 e. The molecule has 0 saturated heterocycles. The Morgan fingerprint density at radius 1 is 0.562 bits per heavy atom. The van der Waals surface area contributed by atoms with E-state index in [9.17, 15) is 0 Å². The Bertz CT molecular complexity index is 831. The summed E-state index contributed by atoms with van der Waals surface area (Å²) in [4.78, 5) is 4.06. The van der Waals surface area contributed by atoms with Crippen molar-refractivity contribution in [1.82, 2.24) is 4.98 Å². The molecule has 0 fully saturated rings. The van der Waals surface area contributed by atoms with E-state index in [1.807, 2.05) is 123 Å². The van der Waals surface area contributed by atoms with Crippen molar-refractivity contribution >= 4 is 0 Å². The third kappa shape index (κ3) is 15.1. The van der Waals surface area contributed by atoms with Crippen molar-refractivity contribution in [2.75, 3.05) is 0 Å². The van der Waals surface area contributed by atoms with E-state index in [0.29, 0.717) is 0 Å². The second-order valence-corrected chi connectivity index (χ2v) is 7.30. The molecule has 32 heavy (non-hydrogen) atoms. The molecule has 0 aliphatic heterocycles. The molecule has 0 unspecified atom stereocenters. The summed E-state index contributed by atoms with van der Waals surface area (Å²) in [6.45, 7) is 14.8. The van der Waals surface area contributed by atoms with Gasteiger partial charge in [-0.15, -0.1) is 36.4 Å². The molecule has 2 nitrogen and oxygen atoms in total. The van der Waals surface area contributed by atoms with Crippen LogP contribution in [0.4, 0.5) is 0 Å². The normalized spacial score (nSPS) is 9.22. The molecule has 4 aromatic rings. The van der Waals surface area contributed by atoms with Gasteiger partial charge in [-0.3, -0.25) is 4.98 Å². The molecule has 0 amide bonds. The van der Waals surface area contributed by atoms with Crippen molar-refractivity contribution in [3.05, 3.63) is 164 Å². The van der Waals surface area contributed by atoms with Gasteiger partial charge in [0.1, 0.15) is 0 Å². The quantitative estimate of drug-likeness (QED) is 0.245. The van der Waals surface area contributed by atoms with Crippen LogP contribution in [0.25, 0.3) is 5.73 Å². The molecule has 1 aromatic heterocycles. The summed E-state index contributed by atoms with van der Waals surface area (Å²) < 4.78 is 0. The summed E-state index contributed by atoms with van der Waals surface area (Å²) in [5.41, 5.74) is 11.1. The van der Waals surface area contributed by atoms with Crippen molar-refractivity contribution in [3.8, 4) is 0 Å². The first-order chi connectivity index (χ1) is 14.8. The van der Waals surface area contributed by atoms with Crippen LogP contribution in [0.5, 0.6) is 0 Å². The number of nitrogens with one attached hydrogen (secondary N) is 1. The zero-order valence-electron chi connectivity index (χ0n) is 19.0. The van der Waals surface area contributed by atoms with Crippen LogP contribution in [-0.2, 0) is 31.7 Å². The van der Waals surface area contributed by atoms with E-state index in [1.54, 1.807) is 6.20 Å². The first kappa shape index (κ1) is 29.3. The second-order valence-electron chi connectivity index (χ2n) is 7.30. The molecule has 0 spiro atoms. The largest absolute Gasteiger partial charge is 4.00 e. The summed E-state index contributed by atoms with van der Waals surface area (Å²) in [6, 6.07) is 35.2. The molecule has 162 valence electrons. The van der Waals surface area contributed by atoms with E-state index < -0.39 is 5.54 Å². The Morgan fingerprint density at radius 3 is 1.03 bits per heavy atom. The minimum absolute atomic E-state index is 0. The Morgan fingerprint density at radius 2 is 0.875 bits per heavy atom. The molecule has 0 bridgehead atoms. The molecular formula is C29H32N2Zr. The van der Waals surface area contributed by atoms with Gasteiger partial charge in [-0.2, -0.15) is 73.9 Å². The number of aromatic nitrogens is 1. The minimum atomic E-state index is -0.568. The van der Waals surface area contributed by atoms with Gasteiger partial charge in [-0.25, -0.2) is 0 Å². The van der Waals surface area contributed by atoms with Gasteiger partial charge in [0.25, 0.3) is 0 Å². The summed E-state index contributed by atoms with van der Waals surface area (Å²) in [5, 5.41) is 0. The fraction of sp³-hybridized carbons (Fsp3) is 0.103. The van der Waals surface area contributed by atoms with E-state index >= 15 is 0 Å². The number of benzene rings is 3. The topological polar surface area (TPSA) is 36.7 Å². The van der Waals surface area contributed by atoms with Crippen LogP contribution < -0.4 is 0 Å². The van der Waals surface area contributed by atoms with Crippen LogP contribution in [0, 0.1) is 20.8 Å². The minimum Gasteiger partial charge on any atom is -0.667 e. The number of hydrogen-bond donors (Lipinski definition) is 0. The molecule has 0 aliphatic carbocycles. The van der Waals surface area contributed by atoms with Gasteiger partial charge in [0.15, 0.2) is 0 Å². The van der Waals surface area contributed by atoms with Gasteiger partial charge in [0, 0.05) is 11.9 Å². The van der Waals surface area contributed by atoms with E-state index in [-0.39, 0.29) is 26.2 Å². The van der Waals surface area contributed by atoms with Crippen LogP contribution in [-0.4, -0.2) is 4.98 Å². The van der Waals surface area contributed by atoms with Gasteiger partial charge in [0.05, 0.1) is 0 Å². The summed E-state index contributed by atoms with van der Waals surface area (Å²) >= 11 is 0. The third-order valence-electron chi connectivity index (χ3n) is 3.83. The SMILES string of the molecule is CC(C)([NH-])c1ccccn1.[CH2-]c1ccccc1.[CH2-]c1ccccc1.[CH2-]c1ccccc1.[Zr+4]. The van der Waals surface area contributed by atoms with Gasteiger partial charge in [0.2, 0.25) is 0 Å². The van der Waals surface area contributed by atoms with Crippen molar-refractivity contribution < 1.29 is 26.2 Å². The molecule has 0 saturated carbocycles. The van der Waals surface area contributed by atoms with Crippen LogP contribution in [0.1, 0.15) is 36.2 Å². The van der Waals surface area contributed by atoms with Crippen LogP contribution in [0.2, 0.25) is 0 Å². The molecule has 1 heterocycles. The average molecular weight is 500 g/mol. The monoisotopic (exact) mass is 498 g/mol. The first-order valence-corrected chi connectivity index (χ1v) is 10.1. The second kappa shape index (κ2) is 16.9. The van der Waals surface area contributed by atoms with Crippen LogP contribution in [0.15, 0.2) is 115 Å². The van der Waals surface area contributed by atoms with Crippen LogP contribution in [0.3, 0.4) is 0 Å². The number of pyridine rings is 1. The molecular weight excluding hydrogens is 468 g/mol. The van der Waals surface area contributed by atoms with E-state index in [1.165, 1.54) is 0 Å². The predicted molar refractivity (Wildman–Crippen MR) is 134 cm³/mol. The van der Waals surface area contributed by atoms with Gasteiger partial charge < -0.3 is 5.73 Å². The maximum atomic E-state index is 7.61. The third-order valence-corrected chi connectivity index (χ3v) is 3.83.